The fourth-order valence-corrected chi connectivity index (χ4v) is 1.74. The molecule has 0 spiro atoms. The summed E-state index contributed by atoms with van der Waals surface area (Å²) in [4.78, 5) is 25.0. The van der Waals surface area contributed by atoms with Crippen molar-refractivity contribution in [3.63, 3.8) is 0 Å². The van der Waals surface area contributed by atoms with E-state index in [1.165, 1.54) is 0 Å². The number of nitrogens with zero attached hydrogens (tertiary/aromatic N) is 1. The molecule has 0 rings (SSSR count). The Bertz CT molecular complexity index is 244. The highest BCUT2D eigenvalue weighted by molar-refractivity contribution is 5.85. The number of rotatable bonds is 6. The van der Waals surface area contributed by atoms with Crippen LogP contribution < -0.4 is 10.9 Å². The molecule has 0 aromatic heterocycles. The van der Waals surface area contributed by atoms with Crippen molar-refractivity contribution in [2.45, 2.75) is 46.1 Å². The summed E-state index contributed by atoms with van der Waals surface area (Å²) < 4.78 is 0. The summed E-state index contributed by atoms with van der Waals surface area (Å²) in [7, 11) is 3.70. The molecule has 0 bridgehead atoms. The second-order valence-electron chi connectivity index (χ2n) is 4.79. The Morgan fingerprint density at radius 1 is 1.18 bits per heavy atom. The van der Waals surface area contributed by atoms with E-state index >= 15 is 0 Å². The van der Waals surface area contributed by atoms with E-state index in [2.05, 4.69) is 10.9 Å². The maximum atomic E-state index is 11.8. The van der Waals surface area contributed by atoms with E-state index in [9.17, 15) is 9.59 Å². The minimum Gasteiger partial charge on any atom is -0.298 e. The second-order valence-corrected chi connectivity index (χ2v) is 4.79. The Kier molecular flexibility index (Phi) is 7.54. The summed E-state index contributed by atoms with van der Waals surface area (Å²) >= 11 is 0. The van der Waals surface area contributed by atoms with Gasteiger partial charge in [-0.2, -0.15) is 0 Å². The number of likely N-dealkylation sites (N-methyl/N-ethyl adjacent to an activating group) is 1. The Balaban J connectivity index is 4.11. The average Bonchev–Trinajstić information content (AvgIpc) is 2.22. The second kappa shape index (κ2) is 8.06. The van der Waals surface area contributed by atoms with Crippen LogP contribution in [0.5, 0.6) is 0 Å². The van der Waals surface area contributed by atoms with Crippen LogP contribution in [0.2, 0.25) is 0 Å². The molecule has 5 nitrogen and oxygen atoms in total. The molecule has 0 fully saturated rings. The van der Waals surface area contributed by atoms with Gasteiger partial charge in [-0.1, -0.05) is 27.2 Å². The number of carbonyl (C=O) groups is 2. The standard InChI is InChI=1S/C12H25N3O2/c1-6-7-8-10(16)13-14-12(17)11(9(2)3)15(4)5/h9,11H,6-8H2,1-5H3,(H,13,16)(H,14,17). The van der Waals surface area contributed by atoms with Crippen LogP contribution in [0.4, 0.5) is 0 Å². The van der Waals surface area contributed by atoms with Gasteiger partial charge in [0.1, 0.15) is 0 Å². The molecule has 0 saturated carbocycles. The molecule has 0 aliphatic heterocycles. The van der Waals surface area contributed by atoms with Crippen molar-refractivity contribution in [2.24, 2.45) is 5.92 Å². The Morgan fingerprint density at radius 2 is 1.76 bits per heavy atom. The molecule has 0 heterocycles. The summed E-state index contributed by atoms with van der Waals surface area (Å²) in [6, 6.07) is -0.235. The predicted molar refractivity (Wildman–Crippen MR) is 68.1 cm³/mol. The van der Waals surface area contributed by atoms with E-state index < -0.39 is 0 Å². The van der Waals surface area contributed by atoms with Crippen LogP contribution >= 0.6 is 0 Å². The van der Waals surface area contributed by atoms with Crippen LogP contribution in [-0.2, 0) is 9.59 Å². The summed E-state index contributed by atoms with van der Waals surface area (Å²) in [5.74, 6) is -0.117. The van der Waals surface area contributed by atoms with Crippen LogP contribution in [0.1, 0.15) is 40.0 Å². The lowest BCUT2D eigenvalue weighted by Gasteiger charge is -2.26. The van der Waals surface area contributed by atoms with Gasteiger partial charge in [0.25, 0.3) is 5.91 Å². The van der Waals surface area contributed by atoms with Crippen molar-refractivity contribution in [3.8, 4) is 0 Å². The van der Waals surface area contributed by atoms with Crippen LogP contribution in [0.3, 0.4) is 0 Å². The van der Waals surface area contributed by atoms with Gasteiger partial charge in [0.05, 0.1) is 6.04 Å². The highest BCUT2D eigenvalue weighted by Crippen LogP contribution is 2.06. The molecule has 17 heavy (non-hydrogen) atoms. The van der Waals surface area contributed by atoms with Crippen molar-refractivity contribution in [2.75, 3.05) is 14.1 Å². The molecule has 2 N–H and O–H groups in total. The molecule has 0 aliphatic rings. The highest BCUT2D eigenvalue weighted by atomic mass is 16.2. The van der Waals surface area contributed by atoms with Gasteiger partial charge < -0.3 is 0 Å². The van der Waals surface area contributed by atoms with Gasteiger partial charge >= 0.3 is 0 Å². The number of hydrazine groups is 1. The molecule has 1 unspecified atom stereocenters. The number of hydrogen-bond acceptors (Lipinski definition) is 3. The smallest absolute Gasteiger partial charge is 0.255 e. The third-order valence-corrected chi connectivity index (χ3v) is 2.54. The number of nitrogens with one attached hydrogen (secondary N) is 2. The van der Waals surface area contributed by atoms with Crippen LogP contribution in [0, 0.1) is 5.92 Å². The summed E-state index contributed by atoms with van der Waals surface area (Å²) in [5.41, 5.74) is 4.92. The Labute approximate surface area is 104 Å². The van der Waals surface area contributed by atoms with E-state index in [4.69, 9.17) is 0 Å². The molecule has 0 saturated heterocycles. The molecular formula is C12H25N3O2. The van der Waals surface area contributed by atoms with Crippen molar-refractivity contribution in [3.05, 3.63) is 0 Å². The third-order valence-electron chi connectivity index (χ3n) is 2.54. The quantitative estimate of drug-likeness (QED) is 0.682. The maximum Gasteiger partial charge on any atom is 0.255 e. The lowest BCUT2D eigenvalue weighted by atomic mass is 10.0. The lowest BCUT2D eigenvalue weighted by molar-refractivity contribution is -0.132. The minimum atomic E-state index is -0.235. The molecule has 0 aliphatic carbocycles. The van der Waals surface area contributed by atoms with Crippen molar-refractivity contribution < 1.29 is 9.59 Å². The van der Waals surface area contributed by atoms with E-state index in [1.54, 1.807) is 0 Å². The predicted octanol–water partition coefficient (Wildman–Crippen LogP) is 0.910. The largest absolute Gasteiger partial charge is 0.298 e. The number of unbranched alkanes of at least 4 members (excludes halogenated alkanes) is 1. The molecule has 5 heteroatoms. The first-order valence-corrected chi connectivity index (χ1v) is 6.15. The monoisotopic (exact) mass is 243 g/mol. The summed E-state index contributed by atoms with van der Waals surface area (Å²) in [6.45, 7) is 5.97. The highest BCUT2D eigenvalue weighted by Gasteiger charge is 2.24. The van der Waals surface area contributed by atoms with Crippen LogP contribution in [-0.4, -0.2) is 36.9 Å². The molecule has 0 radical (unpaired) electrons. The van der Waals surface area contributed by atoms with Gasteiger partial charge in [0, 0.05) is 6.42 Å². The number of carbonyl (C=O) groups excluding carboxylic acids is 2. The van der Waals surface area contributed by atoms with Gasteiger partial charge in [-0.15, -0.1) is 0 Å². The third kappa shape index (κ3) is 6.26. The zero-order chi connectivity index (χ0) is 13.4. The van der Waals surface area contributed by atoms with Gasteiger partial charge in [-0.3, -0.25) is 25.3 Å². The Morgan fingerprint density at radius 3 is 2.18 bits per heavy atom. The van der Waals surface area contributed by atoms with Crippen molar-refractivity contribution in [1.29, 1.82) is 0 Å². The molecule has 0 aromatic carbocycles. The topological polar surface area (TPSA) is 61.4 Å². The van der Waals surface area contributed by atoms with E-state index in [-0.39, 0.29) is 23.8 Å². The maximum absolute atomic E-state index is 11.8. The fraction of sp³-hybridized carbons (Fsp3) is 0.833. The lowest BCUT2D eigenvalue weighted by Crippen LogP contribution is -2.52. The normalized spacial score (nSPS) is 12.6. The Hall–Kier alpha value is -1.10. The van der Waals surface area contributed by atoms with E-state index in [0.29, 0.717) is 6.42 Å². The fourth-order valence-electron chi connectivity index (χ4n) is 1.74. The molecular weight excluding hydrogens is 218 g/mol. The average molecular weight is 243 g/mol. The van der Waals surface area contributed by atoms with Crippen LogP contribution in [0.15, 0.2) is 0 Å². The zero-order valence-corrected chi connectivity index (χ0v) is 11.5. The van der Waals surface area contributed by atoms with Gasteiger partial charge in [0.15, 0.2) is 0 Å². The van der Waals surface area contributed by atoms with Crippen molar-refractivity contribution >= 4 is 11.8 Å². The summed E-state index contributed by atoms with van der Waals surface area (Å²) in [5, 5.41) is 0. The molecule has 1 atom stereocenters. The minimum absolute atomic E-state index is 0.138. The first-order valence-electron chi connectivity index (χ1n) is 6.15. The summed E-state index contributed by atoms with van der Waals surface area (Å²) in [6.07, 6.45) is 2.25. The van der Waals surface area contributed by atoms with E-state index in [1.807, 2.05) is 39.8 Å². The van der Waals surface area contributed by atoms with Gasteiger partial charge in [-0.05, 0) is 26.4 Å². The van der Waals surface area contributed by atoms with Crippen LogP contribution in [0.25, 0.3) is 0 Å². The van der Waals surface area contributed by atoms with Crippen molar-refractivity contribution in [1.82, 2.24) is 15.8 Å². The zero-order valence-electron chi connectivity index (χ0n) is 11.5. The first kappa shape index (κ1) is 15.9. The molecule has 100 valence electrons. The number of hydrogen-bond donors (Lipinski definition) is 2. The SMILES string of the molecule is CCCCC(=O)NNC(=O)C(C(C)C)N(C)C. The molecule has 2 amide bonds. The first-order chi connectivity index (χ1) is 7.90. The van der Waals surface area contributed by atoms with Gasteiger partial charge in [0.2, 0.25) is 5.91 Å². The van der Waals surface area contributed by atoms with Gasteiger partial charge in [-0.25, -0.2) is 0 Å². The number of amides is 2. The molecule has 0 aromatic rings. The van der Waals surface area contributed by atoms with E-state index in [0.717, 1.165) is 12.8 Å².